The third-order valence-corrected chi connectivity index (χ3v) is 2.03. The van der Waals surface area contributed by atoms with Gasteiger partial charge in [-0.05, 0) is 22.4 Å². The first kappa shape index (κ1) is 8.27. The maximum Gasteiger partial charge on any atom is 0.112 e. The number of fused-ring (bicyclic) bond motifs is 1. The second-order valence-electron chi connectivity index (χ2n) is 2.96. The van der Waals surface area contributed by atoms with Crippen LogP contribution in [0.2, 0.25) is 0 Å². The van der Waals surface area contributed by atoms with E-state index >= 15 is 0 Å². The van der Waals surface area contributed by atoms with Crippen LogP contribution in [0.4, 0.5) is 0 Å². The quantitative estimate of drug-likeness (QED) is 0.675. The lowest BCUT2D eigenvalue weighted by atomic mass is 10.1. The topological polar surface area (TPSA) is 9.23 Å². The highest BCUT2D eigenvalue weighted by Gasteiger charge is 1.94. The van der Waals surface area contributed by atoms with E-state index in [2.05, 4.69) is 24.3 Å². The molecule has 0 aliphatic carbocycles. The fourth-order valence-electron chi connectivity index (χ4n) is 1.42. The van der Waals surface area contributed by atoms with Crippen LogP contribution in [-0.4, -0.2) is 7.11 Å². The molecule has 13 heavy (non-hydrogen) atoms. The summed E-state index contributed by atoms with van der Waals surface area (Å²) in [5.74, 6) is 0. The van der Waals surface area contributed by atoms with E-state index in [-0.39, 0.29) is 0 Å². The van der Waals surface area contributed by atoms with Gasteiger partial charge in [0.05, 0.1) is 0 Å². The van der Waals surface area contributed by atoms with Gasteiger partial charge in [0.25, 0.3) is 0 Å². The van der Waals surface area contributed by atoms with Gasteiger partial charge >= 0.3 is 0 Å². The molecule has 0 spiro atoms. The van der Waals surface area contributed by atoms with E-state index in [1.165, 1.54) is 10.8 Å². The summed E-state index contributed by atoms with van der Waals surface area (Å²) in [4.78, 5) is 0. The Morgan fingerprint density at radius 1 is 1.00 bits per heavy atom. The van der Waals surface area contributed by atoms with Gasteiger partial charge in [0, 0.05) is 7.11 Å². The molecule has 0 aromatic heterocycles. The summed E-state index contributed by atoms with van der Waals surface area (Å²) in [6, 6.07) is 14.5. The van der Waals surface area contributed by atoms with Crippen LogP contribution in [-0.2, 0) is 4.74 Å². The largest absolute Gasteiger partial charge is 0.374 e. The van der Waals surface area contributed by atoms with Crippen LogP contribution in [0.5, 0.6) is 0 Å². The molecule has 2 rings (SSSR count). The lowest BCUT2D eigenvalue weighted by Gasteiger charge is -2.01. The molecule has 0 amide bonds. The van der Waals surface area contributed by atoms with Crippen LogP contribution >= 0.6 is 0 Å². The standard InChI is InChI=1S/C12H11O/c1-13-9-10-6-7-11-4-2-3-5-12(11)8-10/h2-9H,1H3. The molecule has 0 unspecified atom stereocenters. The molecule has 0 aliphatic rings. The van der Waals surface area contributed by atoms with E-state index in [4.69, 9.17) is 4.74 Å². The highest BCUT2D eigenvalue weighted by atomic mass is 16.5. The molecule has 2 aromatic carbocycles. The zero-order chi connectivity index (χ0) is 9.10. The Hall–Kier alpha value is -1.34. The second-order valence-corrected chi connectivity index (χ2v) is 2.96. The summed E-state index contributed by atoms with van der Waals surface area (Å²) in [6.07, 6.45) is 0. The van der Waals surface area contributed by atoms with Gasteiger partial charge in [0.2, 0.25) is 0 Å². The Morgan fingerprint density at radius 2 is 1.77 bits per heavy atom. The zero-order valence-electron chi connectivity index (χ0n) is 7.53. The van der Waals surface area contributed by atoms with Gasteiger partial charge in [-0.25, -0.2) is 0 Å². The molecule has 1 nitrogen and oxygen atoms in total. The van der Waals surface area contributed by atoms with E-state index in [1.807, 2.05) is 18.2 Å². The number of rotatable bonds is 2. The molecule has 1 radical (unpaired) electrons. The Balaban J connectivity index is 2.49. The van der Waals surface area contributed by atoms with Gasteiger partial charge in [0.1, 0.15) is 6.61 Å². The Kier molecular flexibility index (Phi) is 2.28. The fraction of sp³-hybridized carbons (Fsp3) is 0.0833. The van der Waals surface area contributed by atoms with Gasteiger partial charge < -0.3 is 4.74 Å². The third-order valence-electron chi connectivity index (χ3n) is 2.03. The Morgan fingerprint density at radius 3 is 2.54 bits per heavy atom. The Bertz CT molecular complexity index is 407. The molecule has 2 aromatic rings. The SMILES string of the molecule is CO[CH]c1ccc2ccccc2c1. The minimum atomic E-state index is 1.10. The van der Waals surface area contributed by atoms with Gasteiger partial charge in [-0.1, -0.05) is 36.4 Å². The van der Waals surface area contributed by atoms with Crippen LogP contribution in [0.3, 0.4) is 0 Å². The first-order chi connectivity index (χ1) is 6.40. The van der Waals surface area contributed by atoms with E-state index < -0.39 is 0 Å². The van der Waals surface area contributed by atoms with Crippen molar-refractivity contribution in [3.05, 3.63) is 54.6 Å². The zero-order valence-corrected chi connectivity index (χ0v) is 7.53. The molecule has 1 heteroatoms. The van der Waals surface area contributed by atoms with E-state index in [9.17, 15) is 0 Å². The van der Waals surface area contributed by atoms with Crippen LogP contribution in [0.25, 0.3) is 10.8 Å². The van der Waals surface area contributed by atoms with Crippen molar-refractivity contribution in [2.24, 2.45) is 0 Å². The summed E-state index contributed by atoms with van der Waals surface area (Å²) < 4.78 is 4.95. The van der Waals surface area contributed by atoms with E-state index in [1.54, 1.807) is 13.7 Å². The van der Waals surface area contributed by atoms with E-state index in [0.717, 1.165) is 5.56 Å². The first-order valence-corrected chi connectivity index (χ1v) is 4.25. The van der Waals surface area contributed by atoms with Gasteiger partial charge in [-0.3, -0.25) is 0 Å². The van der Waals surface area contributed by atoms with Crippen molar-refractivity contribution in [2.75, 3.05) is 7.11 Å². The maximum atomic E-state index is 4.95. The summed E-state index contributed by atoms with van der Waals surface area (Å²) in [5.41, 5.74) is 1.10. The predicted molar refractivity (Wildman–Crippen MR) is 54.4 cm³/mol. The monoisotopic (exact) mass is 171 g/mol. The molecular weight excluding hydrogens is 160 g/mol. The lowest BCUT2D eigenvalue weighted by Crippen LogP contribution is -1.83. The molecule has 0 N–H and O–H groups in total. The smallest absolute Gasteiger partial charge is 0.112 e. The highest BCUT2D eigenvalue weighted by molar-refractivity contribution is 5.83. The first-order valence-electron chi connectivity index (χ1n) is 4.25. The molecule has 0 heterocycles. The van der Waals surface area contributed by atoms with Crippen molar-refractivity contribution in [2.45, 2.75) is 0 Å². The van der Waals surface area contributed by atoms with Crippen LogP contribution in [0.15, 0.2) is 42.5 Å². The molecule has 0 fully saturated rings. The van der Waals surface area contributed by atoms with Crippen molar-refractivity contribution in [3.63, 3.8) is 0 Å². The Labute approximate surface area is 78.0 Å². The van der Waals surface area contributed by atoms with Crippen molar-refractivity contribution >= 4 is 10.8 Å². The van der Waals surface area contributed by atoms with Gasteiger partial charge in [0.15, 0.2) is 0 Å². The third kappa shape index (κ3) is 1.70. The minimum Gasteiger partial charge on any atom is -0.374 e. The normalized spacial score (nSPS) is 10.5. The molecule has 0 bridgehead atoms. The van der Waals surface area contributed by atoms with Gasteiger partial charge in [-0.15, -0.1) is 0 Å². The number of hydrogen-bond acceptors (Lipinski definition) is 1. The second kappa shape index (κ2) is 3.58. The molecular formula is C12H11O. The summed E-state index contributed by atoms with van der Waals surface area (Å²) in [7, 11) is 1.66. The summed E-state index contributed by atoms with van der Waals surface area (Å²) in [5, 5.41) is 2.50. The van der Waals surface area contributed by atoms with Crippen LogP contribution in [0, 0.1) is 6.61 Å². The molecule has 0 atom stereocenters. The number of methoxy groups -OCH3 is 1. The van der Waals surface area contributed by atoms with Crippen molar-refractivity contribution in [3.8, 4) is 0 Å². The van der Waals surface area contributed by atoms with Crippen LogP contribution in [0.1, 0.15) is 5.56 Å². The molecule has 0 saturated carbocycles. The number of ether oxygens (including phenoxy) is 1. The summed E-state index contributed by atoms with van der Waals surface area (Å²) >= 11 is 0. The summed E-state index contributed by atoms with van der Waals surface area (Å²) in [6.45, 7) is 1.74. The minimum absolute atomic E-state index is 1.10. The predicted octanol–water partition coefficient (Wildman–Crippen LogP) is 3.00. The lowest BCUT2D eigenvalue weighted by molar-refractivity contribution is 0.292. The average molecular weight is 171 g/mol. The molecule has 65 valence electrons. The van der Waals surface area contributed by atoms with Gasteiger partial charge in [-0.2, -0.15) is 0 Å². The van der Waals surface area contributed by atoms with E-state index in [0.29, 0.717) is 0 Å². The van der Waals surface area contributed by atoms with Crippen molar-refractivity contribution < 1.29 is 4.74 Å². The fourth-order valence-corrected chi connectivity index (χ4v) is 1.42. The molecule has 0 aliphatic heterocycles. The highest BCUT2D eigenvalue weighted by Crippen LogP contribution is 2.16. The van der Waals surface area contributed by atoms with Crippen LogP contribution < -0.4 is 0 Å². The maximum absolute atomic E-state index is 4.95. The average Bonchev–Trinajstić information content (AvgIpc) is 2.18. The van der Waals surface area contributed by atoms with Crippen molar-refractivity contribution in [1.82, 2.24) is 0 Å². The molecule has 0 saturated heterocycles. The number of benzene rings is 2. The van der Waals surface area contributed by atoms with Crippen molar-refractivity contribution in [1.29, 1.82) is 0 Å². The number of hydrogen-bond donors (Lipinski definition) is 0.